The van der Waals surface area contributed by atoms with Crippen molar-refractivity contribution in [2.24, 2.45) is 0 Å². The molecule has 2 aliphatic heterocycles. The van der Waals surface area contributed by atoms with Crippen LogP contribution in [0.2, 0.25) is 0 Å². The number of aromatic hydroxyl groups is 2. The topological polar surface area (TPSA) is 219 Å². The van der Waals surface area contributed by atoms with Gasteiger partial charge in [-0.25, -0.2) is 10.3 Å². The van der Waals surface area contributed by atoms with Crippen molar-refractivity contribution < 1.29 is 68.3 Å². The van der Waals surface area contributed by atoms with E-state index in [1.807, 2.05) is 6.92 Å². The molecule has 1 unspecified atom stereocenters. The molecule has 0 spiro atoms. The number of hydrogen-bond acceptors (Lipinski definition) is 14. The fraction of sp³-hybridized carbons (Fsp3) is 0.476. The Morgan fingerprint density at radius 3 is 2.40 bits per heavy atom. The Bertz CT molecular complexity index is 2130. The van der Waals surface area contributed by atoms with E-state index in [1.165, 1.54) is 25.7 Å². The number of Topliss-reactive ketones (excluding diaryl/α,β-unsaturated/α-hetero) is 1. The predicted octanol–water partition coefficient (Wildman–Crippen LogP) is 2.39. The van der Waals surface area contributed by atoms with Crippen LogP contribution in [-0.4, -0.2) is 123 Å². The van der Waals surface area contributed by atoms with Crippen LogP contribution in [0.25, 0.3) is 0 Å². The Hall–Kier alpha value is -4.84. The van der Waals surface area contributed by atoms with Crippen LogP contribution in [0.5, 0.6) is 17.2 Å². The zero-order valence-electron chi connectivity index (χ0n) is 32.8. The van der Waals surface area contributed by atoms with Gasteiger partial charge in [-0.2, -0.15) is 0 Å². The molecule has 2 aliphatic carbocycles. The third-order valence-electron chi connectivity index (χ3n) is 12.1. The quantitative estimate of drug-likeness (QED) is 0.103. The van der Waals surface area contributed by atoms with Gasteiger partial charge in [0.2, 0.25) is 5.78 Å². The van der Waals surface area contributed by atoms with Gasteiger partial charge in [0.1, 0.15) is 48.9 Å². The smallest absolute Gasteiger partial charge is 0.412 e. The number of benzene rings is 3. The van der Waals surface area contributed by atoms with Crippen LogP contribution in [0.4, 0.5) is 4.79 Å². The van der Waals surface area contributed by atoms with Gasteiger partial charge in [0, 0.05) is 41.7 Å². The van der Waals surface area contributed by atoms with E-state index in [-0.39, 0.29) is 85.5 Å². The molecule has 2 fully saturated rings. The molecule has 0 aromatic heterocycles. The molecule has 58 heavy (non-hydrogen) atoms. The first-order chi connectivity index (χ1) is 27.5. The monoisotopic (exact) mass is 800 g/mol. The second-order valence-electron chi connectivity index (χ2n) is 16.1. The summed E-state index contributed by atoms with van der Waals surface area (Å²) in [6, 6.07) is 11.5. The molecule has 1 amide bonds. The predicted molar refractivity (Wildman–Crippen MR) is 205 cm³/mol. The first-order valence-electron chi connectivity index (χ1n) is 19.3. The van der Waals surface area contributed by atoms with Crippen LogP contribution in [0.15, 0.2) is 42.5 Å². The van der Waals surface area contributed by atoms with Crippen LogP contribution >= 0.6 is 0 Å². The molecule has 4 aliphatic rings. The van der Waals surface area contributed by atoms with E-state index in [0.717, 1.165) is 5.56 Å². The molecule has 0 bridgehead atoms. The minimum atomic E-state index is -2.01. The number of nitrogens with zero attached hydrogens (tertiary/aromatic N) is 1. The molecule has 0 saturated carbocycles. The summed E-state index contributed by atoms with van der Waals surface area (Å²) in [5.74, 6) is -3.50. The van der Waals surface area contributed by atoms with Gasteiger partial charge < -0.3 is 49.1 Å². The molecule has 3 aromatic carbocycles. The number of rotatable bonds is 12. The number of aliphatic hydroxyl groups excluding tert-OH is 1. The lowest BCUT2D eigenvalue weighted by atomic mass is 9.73. The Labute approximate surface area is 335 Å². The Morgan fingerprint density at radius 1 is 0.983 bits per heavy atom. The number of hydrogen-bond donors (Lipinski definition) is 5. The molecule has 5 N–H and O–H groups in total. The van der Waals surface area contributed by atoms with Crippen molar-refractivity contribution >= 4 is 36.4 Å². The lowest BCUT2D eigenvalue weighted by Gasteiger charge is -2.47. The summed E-state index contributed by atoms with van der Waals surface area (Å²) in [7, 11) is 1.50. The maximum Gasteiger partial charge on any atom is 0.412 e. The van der Waals surface area contributed by atoms with Gasteiger partial charge in [-0.15, -0.1) is 19.6 Å². The van der Waals surface area contributed by atoms with E-state index in [1.54, 1.807) is 49.9 Å². The SMILES string of the molecule is C[C@@H]1OCC[C@H]2[C@@H]1OCN2C(=O)OCc1ccc([B-]OC(C)(CCOc2cccc3c2C(=O)c2c(O)c4c(c(O)c2C3=O)C[C@@](O)(C(=O)CO)CC4)C(C)(C)O)cc1. The summed E-state index contributed by atoms with van der Waals surface area (Å²) >= 11 is 0. The van der Waals surface area contributed by atoms with Crippen LogP contribution in [-0.2, 0) is 43.1 Å². The number of ketones is 3. The summed E-state index contributed by atoms with van der Waals surface area (Å²) in [6.07, 6.45) is -0.658. The number of fused-ring (bicyclic) bond motifs is 4. The van der Waals surface area contributed by atoms with E-state index in [0.29, 0.717) is 18.5 Å². The molecule has 3 aromatic rings. The van der Waals surface area contributed by atoms with Gasteiger partial charge in [0.05, 0.1) is 41.0 Å². The molecule has 16 heteroatoms. The van der Waals surface area contributed by atoms with Gasteiger partial charge in [0.25, 0.3) is 0 Å². The highest BCUT2D eigenvalue weighted by Crippen LogP contribution is 2.48. The number of phenols is 2. The van der Waals surface area contributed by atoms with E-state index in [4.69, 9.17) is 23.6 Å². The minimum absolute atomic E-state index is 0.0405. The number of carbonyl (C=O) groups excluding carboxylic acids is 4. The zero-order valence-corrected chi connectivity index (χ0v) is 32.8. The fourth-order valence-corrected chi connectivity index (χ4v) is 8.12. The van der Waals surface area contributed by atoms with Crippen molar-refractivity contribution in [2.75, 3.05) is 26.6 Å². The van der Waals surface area contributed by atoms with Crippen LogP contribution < -0.4 is 10.2 Å². The highest BCUT2D eigenvalue weighted by molar-refractivity contribution is 6.47. The molecular formula is C42H47BNO14-. The van der Waals surface area contributed by atoms with E-state index in [2.05, 4.69) is 0 Å². The fourth-order valence-electron chi connectivity index (χ4n) is 8.12. The largest absolute Gasteiger partial charge is 0.649 e. The molecular weight excluding hydrogens is 753 g/mol. The van der Waals surface area contributed by atoms with Gasteiger partial charge in [-0.3, -0.25) is 19.3 Å². The van der Waals surface area contributed by atoms with Crippen LogP contribution in [0.1, 0.15) is 95.5 Å². The number of aliphatic hydroxyl groups is 3. The minimum Gasteiger partial charge on any atom is -0.649 e. The molecule has 2 saturated heterocycles. The summed E-state index contributed by atoms with van der Waals surface area (Å²) < 4.78 is 29.3. The highest BCUT2D eigenvalue weighted by Gasteiger charge is 2.46. The van der Waals surface area contributed by atoms with Gasteiger partial charge >= 0.3 is 6.09 Å². The average molecular weight is 801 g/mol. The van der Waals surface area contributed by atoms with Crippen molar-refractivity contribution in [3.05, 3.63) is 81.4 Å². The Morgan fingerprint density at radius 2 is 1.69 bits per heavy atom. The summed E-state index contributed by atoms with van der Waals surface area (Å²) in [6.45, 7) is 6.58. The first-order valence-corrected chi connectivity index (χ1v) is 19.3. The maximum atomic E-state index is 14.1. The van der Waals surface area contributed by atoms with Crippen molar-refractivity contribution in [2.45, 2.75) is 101 Å². The van der Waals surface area contributed by atoms with E-state index >= 15 is 0 Å². The second kappa shape index (κ2) is 15.7. The molecule has 7 rings (SSSR count). The number of amides is 1. The Balaban J connectivity index is 0.999. The third kappa shape index (κ3) is 7.37. The van der Waals surface area contributed by atoms with Gasteiger partial charge in [0.15, 0.2) is 11.6 Å². The lowest BCUT2D eigenvalue weighted by molar-refractivity contribution is -0.141. The molecule has 2 radical (unpaired) electrons. The Kier molecular flexibility index (Phi) is 11.2. The first kappa shape index (κ1) is 41.3. The van der Waals surface area contributed by atoms with Crippen molar-refractivity contribution in [1.29, 1.82) is 0 Å². The van der Waals surface area contributed by atoms with Crippen molar-refractivity contribution in [3.8, 4) is 17.2 Å². The van der Waals surface area contributed by atoms with E-state index in [9.17, 15) is 44.7 Å². The number of ether oxygens (including phenoxy) is 4. The van der Waals surface area contributed by atoms with Crippen LogP contribution in [0, 0.1) is 0 Å². The highest BCUT2D eigenvalue weighted by atomic mass is 16.6. The zero-order chi connectivity index (χ0) is 41.7. The molecule has 308 valence electrons. The summed E-state index contributed by atoms with van der Waals surface area (Å²) in [5.41, 5.74) is -4.16. The maximum absolute atomic E-state index is 14.1. The standard InChI is InChI=1S/C42H47BNO14/c1-22-38-28(13-16-54-22)44(21-57-38)39(51)56-20-23-8-10-24(11-9-23)43-58-41(4,40(2,3)52)15-17-55-29-7-5-6-26-31(29)37(50)33-32(35(26)48)36(49)27-18-42(53,30(46)19-45)14-12-25(27)34(33)47/h5-11,22,28,38,45,47,49,52-53H,12-21H2,1-4H3/q-1/t22-,28-,38+,41?,42+/m0/s1. The van der Waals surface area contributed by atoms with Gasteiger partial charge in [-0.05, 0) is 58.6 Å². The van der Waals surface area contributed by atoms with Crippen molar-refractivity contribution in [3.63, 3.8) is 0 Å². The second-order valence-corrected chi connectivity index (χ2v) is 16.1. The van der Waals surface area contributed by atoms with Gasteiger partial charge in [-0.1, -0.05) is 24.3 Å². The number of phenolic OH excluding ortho intramolecular Hbond substituents is 2. The van der Waals surface area contributed by atoms with E-state index < -0.39 is 75.9 Å². The average Bonchev–Trinajstić information content (AvgIpc) is 3.65. The summed E-state index contributed by atoms with van der Waals surface area (Å²) in [4.78, 5) is 54.7. The molecule has 5 atom stereocenters. The normalized spacial score (nSPS) is 23.6. The third-order valence-corrected chi connectivity index (χ3v) is 12.1. The summed E-state index contributed by atoms with van der Waals surface area (Å²) in [5, 5.41) is 54.1. The van der Waals surface area contributed by atoms with Crippen molar-refractivity contribution in [1.82, 2.24) is 4.90 Å². The van der Waals surface area contributed by atoms with Crippen LogP contribution in [0.3, 0.4) is 0 Å². The molecule has 15 nitrogen and oxygen atoms in total. The number of carbonyl (C=O) groups is 4. The molecule has 2 heterocycles. The lowest BCUT2D eigenvalue weighted by Crippen LogP contribution is -2.52.